The van der Waals surface area contributed by atoms with E-state index in [2.05, 4.69) is 0 Å². The summed E-state index contributed by atoms with van der Waals surface area (Å²) in [4.78, 5) is 37.3. The van der Waals surface area contributed by atoms with Gasteiger partial charge in [-0.05, 0) is 29.8 Å². The zero-order chi connectivity index (χ0) is 17.3. The molecule has 0 saturated carbocycles. The summed E-state index contributed by atoms with van der Waals surface area (Å²) in [6.07, 6.45) is -0.474. The Bertz CT molecular complexity index is 777. The van der Waals surface area contributed by atoms with Gasteiger partial charge in [-0.3, -0.25) is 14.5 Å². The molecule has 0 radical (unpaired) electrons. The number of amides is 2. The molecule has 0 aliphatic carbocycles. The number of hydrogen-bond acceptors (Lipinski definition) is 5. The molecule has 24 heavy (non-hydrogen) atoms. The van der Waals surface area contributed by atoms with E-state index in [9.17, 15) is 19.5 Å². The summed E-state index contributed by atoms with van der Waals surface area (Å²) in [7, 11) is 1.51. The van der Waals surface area contributed by atoms with Gasteiger partial charge in [-0.15, -0.1) is 0 Å². The lowest BCUT2D eigenvalue weighted by Gasteiger charge is -2.27. The molecule has 0 unspecified atom stereocenters. The Morgan fingerprint density at radius 1 is 1.04 bits per heavy atom. The van der Waals surface area contributed by atoms with Crippen LogP contribution in [0.5, 0.6) is 5.75 Å². The van der Waals surface area contributed by atoms with Crippen molar-refractivity contribution in [2.45, 2.75) is 12.5 Å². The van der Waals surface area contributed by atoms with Crippen molar-refractivity contribution in [3.8, 4) is 5.75 Å². The standard InChI is InChI=1S/C18H15NO5/c1-24-12-8-6-11(7-9-12)15(10-16(20)21)19-17(22)13-4-2-3-5-14(13)18(19)23/h2-9,15H,10H2,1H3,(H,20,21)/p-1/t15-/m1/s1. The average Bonchev–Trinajstić information content (AvgIpc) is 2.84. The summed E-state index contributed by atoms with van der Waals surface area (Å²) in [5, 5.41) is 11.2. The number of carbonyl (C=O) groups excluding carboxylic acids is 3. The Hall–Kier alpha value is -3.15. The first-order valence-electron chi connectivity index (χ1n) is 7.33. The van der Waals surface area contributed by atoms with Crippen LogP contribution >= 0.6 is 0 Å². The van der Waals surface area contributed by atoms with Crippen LogP contribution in [-0.4, -0.2) is 29.8 Å². The third-order valence-corrected chi connectivity index (χ3v) is 4.00. The Morgan fingerprint density at radius 3 is 2.04 bits per heavy atom. The number of hydrogen-bond donors (Lipinski definition) is 0. The number of fused-ring (bicyclic) bond motifs is 1. The van der Waals surface area contributed by atoms with E-state index >= 15 is 0 Å². The molecule has 6 heteroatoms. The van der Waals surface area contributed by atoms with Gasteiger partial charge in [0.2, 0.25) is 0 Å². The molecular formula is C18H14NO5-. The first kappa shape index (κ1) is 15.7. The molecule has 0 spiro atoms. The number of carboxylic acids is 1. The number of nitrogens with zero attached hydrogens (tertiary/aromatic N) is 1. The number of imide groups is 1. The Labute approximate surface area is 138 Å². The summed E-state index contributed by atoms with van der Waals surface area (Å²) in [5.74, 6) is -1.75. The number of carbonyl (C=O) groups is 3. The van der Waals surface area contributed by atoms with Crippen LogP contribution < -0.4 is 9.84 Å². The fourth-order valence-electron chi connectivity index (χ4n) is 2.83. The molecule has 0 fully saturated rings. The minimum Gasteiger partial charge on any atom is -0.550 e. The Kier molecular flexibility index (Phi) is 4.04. The van der Waals surface area contributed by atoms with Crippen LogP contribution in [0.1, 0.15) is 38.7 Å². The highest BCUT2D eigenvalue weighted by Gasteiger charge is 2.40. The van der Waals surface area contributed by atoms with E-state index in [1.807, 2.05) is 0 Å². The van der Waals surface area contributed by atoms with Crippen LogP contribution in [-0.2, 0) is 4.79 Å². The highest BCUT2D eigenvalue weighted by molar-refractivity contribution is 6.21. The molecule has 2 aromatic carbocycles. The maximum absolute atomic E-state index is 12.6. The van der Waals surface area contributed by atoms with Gasteiger partial charge in [0.15, 0.2) is 0 Å². The molecule has 3 rings (SSSR count). The lowest BCUT2D eigenvalue weighted by atomic mass is 10.0. The zero-order valence-electron chi connectivity index (χ0n) is 12.9. The molecule has 1 heterocycles. The van der Waals surface area contributed by atoms with Gasteiger partial charge >= 0.3 is 0 Å². The second-order valence-electron chi connectivity index (χ2n) is 5.39. The lowest BCUT2D eigenvalue weighted by Crippen LogP contribution is -2.38. The van der Waals surface area contributed by atoms with E-state index < -0.39 is 30.2 Å². The molecule has 122 valence electrons. The zero-order valence-corrected chi connectivity index (χ0v) is 12.9. The van der Waals surface area contributed by atoms with Gasteiger partial charge < -0.3 is 14.6 Å². The van der Waals surface area contributed by atoms with Crippen molar-refractivity contribution >= 4 is 17.8 Å². The van der Waals surface area contributed by atoms with Gasteiger partial charge in [-0.1, -0.05) is 24.3 Å². The molecule has 2 amide bonds. The maximum atomic E-state index is 12.6. The van der Waals surface area contributed by atoms with Crippen molar-refractivity contribution in [1.82, 2.24) is 4.90 Å². The topological polar surface area (TPSA) is 86.7 Å². The van der Waals surface area contributed by atoms with E-state index in [0.29, 0.717) is 11.3 Å². The van der Waals surface area contributed by atoms with Crippen LogP contribution in [0, 0.1) is 0 Å². The van der Waals surface area contributed by atoms with Gasteiger partial charge in [-0.25, -0.2) is 0 Å². The molecule has 6 nitrogen and oxygen atoms in total. The monoisotopic (exact) mass is 324 g/mol. The van der Waals surface area contributed by atoms with Crippen molar-refractivity contribution in [2.24, 2.45) is 0 Å². The van der Waals surface area contributed by atoms with Crippen molar-refractivity contribution < 1.29 is 24.2 Å². The number of carboxylic acid groups (broad SMARTS) is 1. The predicted molar refractivity (Wildman–Crippen MR) is 82.3 cm³/mol. The van der Waals surface area contributed by atoms with Crippen LogP contribution in [0.15, 0.2) is 48.5 Å². The van der Waals surface area contributed by atoms with Gasteiger partial charge in [0.05, 0.1) is 24.3 Å². The quantitative estimate of drug-likeness (QED) is 0.771. The number of methoxy groups -OCH3 is 1. The first-order chi connectivity index (χ1) is 11.5. The lowest BCUT2D eigenvalue weighted by molar-refractivity contribution is -0.306. The molecular weight excluding hydrogens is 310 g/mol. The summed E-state index contributed by atoms with van der Waals surface area (Å²) in [6, 6.07) is 12.1. The average molecular weight is 324 g/mol. The highest BCUT2D eigenvalue weighted by atomic mass is 16.5. The smallest absolute Gasteiger partial charge is 0.262 e. The highest BCUT2D eigenvalue weighted by Crippen LogP contribution is 2.33. The first-order valence-corrected chi connectivity index (χ1v) is 7.33. The summed E-state index contributed by atoms with van der Waals surface area (Å²) in [5.41, 5.74) is 1.08. The van der Waals surface area contributed by atoms with Crippen LogP contribution in [0.2, 0.25) is 0 Å². The second-order valence-corrected chi connectivity index (χ2v) is 5.39. The predicted octanol–water partition coefficient (Wildman–Crippen LogP) is 1.17. The van der Waals surface area contributed by atoms with Crippen LogP contribution in [0.4, 0.5) is 0 Å². The molecule has 1 atom stereocenters. The van der Waals surface area contributed by atoms with Crippen molar-refractivity contribution in [3.05, 3.63) is 65.2 Å². The largest absolute Gasteiger partial charge is 0.550 e. The van der Waals surface area contributed by atoms with E-state index in [0.717, 1.165) is 4.90 Å². The van der Waals surface area contributed by atoms with Crippen LogP contribution in [0.3, 0.4) is 0 Å². The number of rotatable bonds is 5. The van der Waals surface area contributed by atoms with Gasteiger partial charge in [0.1, 0.15) is 5.75 Å². The molecule has 2 aromatic rings. The molecule has 0 aromatic heterocycles. The number of ether oxygens (including phenoxy) is 1. The molecule has 1 aliphatic heterocycles. The third kappa shape index (κ3) is 2.62. The third-order valence-electron chi connectivity index (χ3n) is 4.00. The summed E-state index contributed by atoms with van der Waals surface area (Å²) in [6.45, 7) is 0. The second kappa shape index (κ2) is 6.16. The fourth-order valence-corrected chi connectivity index (χ4v) is 2.83. The van der Waals surface area contributed by atoms with Gasteiger partial charge in [0.25, 0.3) is 11.8 Å². The van der Waals surface area contributed by atoms with Crippen LogP contribution in [0.25, 0.3) is 0 Å². The van der Waals surface area contributed by atoms with E-state index in [1.165, 1.54) is 7.11 Å². The minimum atomic E-state index is -1.34. The van der Waals surface area contributed by atoms with E-state index in [4.69, 9.17) is 4.74 Å². The minimum absolute atomic E-state index is 0.277. The molecule has 1 aliphatic rings. The number of benzene rings is 2. The molecule has 0 saturated heterocycles. The number of aliphatic carboxylic acids is 1. The summed E-state index contributed by atoms with van der Waals surface area (Å²) < 4.78 is 5.07. The van der Waals surface area contributed by atoms with Crippen molar-refractivity contribution in [1.29, 1.82) is 0 Å². The van der Waals surface area contributed by atoms with Crippen molar-refractivity contribution in [2.75, 3.05) is 7.11 Å². The normalized spacial score (nSPS) is 14.5. The van der Waals surface area contributed by atoms with E-state index in [-0.39, 0.29) is 11.1 Å². The van der Waals surface area contributed by atoms with Gasteiger partial charge in [0, 0.05) is 12.4 Å². The SMILES string of the molecule is COc1ccc([C@@H](CC(=O)[O-])N2C(=O)c3ccccc3C2=O)cc1. The maximum Gasteiger partial charge on any atom is 0.262 e. The fraction of sp³-hybridized carbons (Fsp3) is 0.167. The Balaban J connectivity index is 2.02. The summed E-state index contributed by atoms with van der Waals surface area (Å²) >= 11 is 0. The van der Waals surface area contributed by atoms with E-state index in [1.54, 1.807) is 48.5 Å². The Morgan fingerprint density at radius 2 is 1.58 bits per heavy atom. The molecule has 0 N–H and O–H groups in total. The van der Waals surface area contributed by atoms with Gasteiger partial charge in [-0.2, -0.15) is 0 Å². The molecule has 0 bridgehead atoms. The van der Waals surface area contributed by atoms with Crippen molar-refractivity contribution in [3.63, 3.8) is 0 Å².